The number of nitrogens with zero attached hydrogens (tertiary/aromatic N) is 2. The van der Waals surface area contributed by atoms with Crippen LogP contribution >= 0.6 is 12.2 Å². The van der Waals surface area contributed by atoms with Gasteiger partial charge in [0.05, 0.1) is 27.0 Å². The predicted molar refractivity (Wildman–Crippen MR) is 184 cm³/mol. The fourth-order valence-electron chi connectivity index (χ4n) is 5.00. The van der Waals surface area contributed by atoms with Crippen LogP contribution in [0, 0.1) is 17.8 Å². The van der Waals surface area contributed by atoms with Gasteiger partial charge >= 0.3 is 0 Å². The summed E-state index contributed by atoms with van der Waals surface area (Å²) >= 11 is 0.819. The number of hydrogen-bond acceptors (Lipinski definition) is 9. The summed E-state index contributed by atoms with van der Waals surface area (Å²) in [6, 6.07) is 9.78. The van der Waals surface area contributed by atoms with Crippen LogP contribution in [-0.2, 0) is 16.2 Å². The monoisotopic (exact) mass is 619 g/mol. The quantitative estimate of drug-likeness (QED) is 0.0713. The maximum Gasteiger partial charge on any atom is 0.229 e. The van der Waals surface area contributed by atoms with Gasteiger partial charge in [-0.3, -0.25) is 5.41 Å². The van der Waals surface area contributed by atoms with Crippen molar-refractivity contribution in [1.82, 2.24) is 0 Å². The minimum atomic E-state index is -0.830. The molecule has 4 rings (SSSR count). The number of nitrogens with one attached hydrogen (secondary N) is 1. The Labute approximate surface area is 267 Å². The zero-order valence-corrected chi connectivity index (χ0v) is 28.1. The van der Waals surface area contributed by atoms with Gasteiger partial charge in [0.1, 0.15) is 23.0 Å². The van der Waals surface area contributed by atoms with E-state index in [9.17, 15) is 0 Å². The van der Waals surface area contributed by atoms with Gasteiger partial charge in [0.25, 0.3) is 0 Å². The molecule has 0 saturated heterocycles. The number of rotatable bonds is 10. The van der Waals surface area contributed by atoms with Crippen molar-refractivity contribution in [2.75, 3.05) is 32.8 Å². The largest absolute Gasteiger partial charge is 0.497 e. The maximum atomic E-state index is 8.21. The minimum absolute atomic E-state index is 0.0224. The molecule has 0 fully saturated rings. The summed E-state index contributed by atoms with van der Waals surface area (Å²) in [5.41, 5.74) is 3.66. The molecule has 2 aromatic rings. The molecule has 2 heterocycles. The first-order valence-electron chi connectivity index (χ1n) is 14.8. The van der Waals surface area contributed by atoms with Gasteiger partial charge in [0, 0.05) is 60.1 Å². The number of methoxy groups -OCH3 is 3. The Morgan fingerprint density at radius 2 is 1.84 bits per heavy atom. The van der Waals surface area contributed by atoms with Crippen LogP contribution in [0.25, 0.3) is 0 Å². The van der Waals surface area contributed by atoms with Crippen molar-refractivity contribution < 1.29 is 23.1 Å². The van der Waals surface area contributed by atoms with Gasteiger partial charge in [0.15, 0.2) is 5.60 Å². The lowest BCUT2D eigenvalue weighted by atomic mass is 9.87. The van der Waals surface area contributed by atoms with Crippen molar-refractivity contribution in [1.29, 1.82) is 5.41 Å². The Hall–Kier alpha value is -4.29. The molecule has 9 heteroatoms. The van der Waals surface area contributed by atoms with Gasteiger partial charge in [-0.2, -0.15) is 4.40 Å². The molecule has 0 saturated carbocycles. The third-order valence-corrected chi connectivity index (χ3v) is 7.21. The molecule has 44 heavy (non-hydrogen) atoms. The fraction of sp³-hybridized carbons (Fsp3) is 0.371. The molecule has 8 nitrogen and oxygen atoms in total. The summed E-state index contributed by atoms with van der Waals surface area (Å²) in [7, 11) is 4.92. The normalized spacial score (nSPS) is 17.2. The average Bonchev–Trinajstić information content (AvgIpc) is 3.58. The Kier molecular flexibility index (Phi) is 14.5. The summed E-state index contributed by atoms with van der Waals surface area (Å²) in [5.74, 6) is 5.32. The van der Waals surface area contributed by atoms with E-state index in [0.717, 1.165) is 40.5 Å². The van der Waals surface area contributed by atoms with Crippen LogP contribution in [0.5, 0.6) is 23.0 Å². The molecule has 1 atom stereocenters. The molecule has 1 spiro atoms. The standard InChI is InChI=1S/C31H33N3O5S.2C2H6/c1-7-10-12-21(11-8-2)30(32)39-40-33-16-15-29-31(25-17-22(35-4)13-14-26(25)34(29)9-3)20-24-27(37-6)18-23(36-5)19-28(24)38-31;2*1-2/h1,8,11-19,32H,9-10,20H2,2-6H3;2*1-2H3/b11-8-,21-12+,29-15-,32-30?,33-16-;;. The highest BCUT2D eigenvalue weighted by molar-refractivity contribution is 7.93. The van der Waals surface area contributed by atoms with Crippen LogP contribution in [0.1, 0.15) is 59.1 Å². The Bertz CT molecular complexity index is 1440. The van der Waals surface area contributed by atoms with E-state index in [1.54, 1.807) is 39.7 Å². The first kappa shape index (κ1) is 35.9. The number of anilines is 1. The first-order chi connectivity index (χ1) is 21.5. The summed E-state index contributed by atoms with van der Waals surface area (Å²) in [6.07, 6.45) is 15.3. The molecule has 1 N–H and O–H groups in total. The van der Waals surface area contributed by atoms with Crippen LogP contribution in [-0.4, -0.2) is 40.0 Å². The van der Waals surface area contributed by atoms with Gasteiger partial charge < -0.3 is 28.0 Å². The number of ether oxygens (including phenoxy) is 4. The summed E-state index contributed by atoms with van der Waals surface area (Å²) in [5, 5.41) is 8.21. The number of likely N-dealkylation sites (N-methyl/N-ethyl adjacent to an activating group) is 1. The molecular formula is C35H45N3O5S. The number of benzene rings is 2. The second kappa shape index (κ2) is 17.7. The van der Waals surface area contributed by atoms with Crippen molar-refractivity contribution in [3.63, 3.8) is 0 Å². The zero-order valence-electron chi connectivity index (χ0n) is 27.3. The highest BCUT2D eigenvalue weighted by atomic mass is 32.2. The van der Waals surface area contributed by atoms with Gasteiger partial charge in [-0.05, 0) is 38.1 Å². The summed E-state index contributed by atoms with van der Waals surface area (Å²) in [4.78, 5) is 2.21. The van der Waals surface area contributed by atoms with Crippen molar-refractivity contribution in [2.45, 2.75) is 60.0 Å². The third-order valence-electron chi connectivity index (χ3n) is 6.76. The Morgan fingerprint density at radius 3 is 2.45 bits per heavy atom. The van der Waals surface area contributed by atoms with Gasteiger partial charge in [0.2, 0.25) is 18.1 Å². The number of fused-ring (bicyclic) bond motifs is 3. The topological polar surface area (TPSA) is 85.6 Å². The van der Waals surface area contributed by atoms with Gasteiger partial charge in [-0.25, -0.2) is 0 Å². The molecule has 236 valence electrons. The summed E-state index contributed by atoms with van der Waals surface area (Å²) in [6.45, 7) is 12.7. The molecule has 0 aromatic heterocycles. The third kappa shape index (κ3) is 7.61. The highest BCUT2D eigenvalue weighted by Gasteiger charge is 2.53. The van der Waals surface area contributed by atoms with Crippen LogP contribution in [0.15, 0.2) is 70.3 Å². The van der Waals surface area contributed by atoms with E-state index in [-0.39, 0.29) is 5.90 Å². The number of hydrogen-bond donors (Lipinski definition) is 1. The maximum absolute atomic E-state index is 8.21. The predicted octanol–water partition coefficient (Wildman–Crippen LogP) is 8.47. The molecule has 2 aromatic carbocycles. The fourth-order valence-corrected chi connectivity index (χ4v) is 5.32. The van der Waals surface area contributed by atoms with Crippen molar-refractivity contribution >= 4 is 30.0 Å². The molecule has 0 bridgehead atoms. The van der Waals surface area contributed by atoms with Crippen LogP contribution in [0.2, 0.25) is 0 Å². The minimum Gasteiger partial charge on any atom is -0.497 e. The van der Waals surface area contributed by atoms with E-state index in [1.165, 1.54) is 0 Å². The first-order valence-corrected chi connectivity index (χ1v) is 15.5. The molecule has 2 aliphatic heterocycles. The lowest BCUT2D eigenvalue weighted by molar-refractivity contribution is 0.140. The number of terminal acetylenes is 1. The average molecular weight is 620 g/mol. The van der Waals surface area contributed by atoms with E-state index < -0.39 is 5.60 Å². The van der Waals surface area contributed by atoms with E-state index in [1.807, 2.05) is 77.1 Å². The van der Waals surface area contributed by atoms with Crippen molar-refractivity contribution in [3.05, 3.63) is 77.0 Å². The number of allylic oxidation sites excluding steroid dienone is 3. The molecule has 2 aliphatic rings. The molecule has 0 radical (unpaired) electrons. The van der Waals surface area contributed by atoms with Gasteiger partial charge in [-0.1, -0.05) is 45.9 Å². The molecule has 0 aliphatic carbocycles. The molecular weight excluding hydrogens is 574 g/mol. The van der Waals surface area contributed by atoms with E-state index in [0.29, 0.717) is 42.2 Å². The SMILES string of the molecule is C#CC/C=C(\C=C/C)C(=N)OS/N=C\C=C1/N(CC)c2ccc(OC)cc2C12Cc1c(OC)cc(OC)cc1O2.CC.CC. The van der Waals surface area contributed by atoms with Crippen molar-refractivity contribution in [3.8, 4) is 35.3 Å². The van der Waals surface area contributed by atoms with E-state index in [2.05, 4.69) is 22.1 Å². The van der Waals surface area contributed by atoms with Crippen LogP contribution in [0.4, 0.5) is 5.69 Å². The smallest absolute Gasteiger partial charge is 0.229 e. The van der Waals surface area contributed by atoms with Crippen LogP contribution in [0.3, 0.4) is 0 Å². The Balaban J connectivity index is 0.00000162. The zero-order chi connectivity index (χ0) is 32.7. The highest BCUT2D eigenvalue weighted by Crippen LogP contribution is 2.57. The van der Waals surface area contributed by atoms with Crippen LogP contribution < -0.4 is 23.8 Å². The Morgan fingerprint density at radius 1 is 1.11 bits per heavy atom. The van der Waals surface area contributed by atoms with Crippen molar-refractivity contribution in [2.24, 2.45) is 4.40 Å². The van der Waals surface area contributed by atoms with E-state index >= 15 is 0 Å². The molecule has 1 unspecified atom stereocenters. The lowest BCUT2D eigenvalue weighted by Crippen LogP contribution is -2.35. The second-order valence-electron chi connectivity index (χ2n) is 8.90. The summed E-state index contributed by atoms with van der Waals surface area (Å²) < 4.78 is 33.4. The van der Waals surface area contributed by atoms with Gasteiger partial charge in [-0.15, -0.1) is 12.3 Å². The second-order valence-corrected chi connectivity index (χ2v) is 9.43. The molecule has 0 amide bonds. The van der Waals surface area contributed by atoms with E-state index in [4.69, 9.17) is 35.0 Å². The lowest BCUT2D eigenvalue weighted by Gasteiger charge is -2.28.